The Bertz CT molecular complexity index is 606. The standard InChI is InChI=1S/C22H34O5/c1-14(10-12-23)21(26)22-11-6-5-7-18(22)8-9-19(25)27-20(17(4)24)15(2)13-16(22)3/h5,7,13-15,17-18,20,23-24H,6,8-12H2,1-4H3/b16-13+/t14?,15?,17?,18-,20?,22?/m1/s1. The highest BCUT2D eigenvalue weighted by atomic mass is 16.6. The Kier molecular flexibility index (Phi) is 7.40. The third-order valence-electron chi connectivity index (χ3n) is 6.29. The number of Topliss-reactive ketones (excluding diaryl/α,β-unsaturated/α-hetero) is 1. The van der Waals surface area contributed by atoms with Crippen molar-refractivity contribution in [2.45, 2.75) is 72.0 Å². The molecule has 2 rings (SSSR count). The number of aliphatic hydroxyl groups excluding tert-OH is 2. The Morgan fingerprint density at radius 3 is 2.74 bits per heavy atom. The zero-order chi connectivity index (χ0) is 20.2. The van der Waals surface area contributed by atoms with Crippen molar-refractivity contribution in [1.82, 2.24) is 0 Å². The molecular weight excluding hydrogens is 344 g/mol. The van der Waals surface area contributed by atoms with E-state index < -0.39 is 17.6 Å². The molecule has 0 bridgehead atoms. The van der Waals surface area contributed by atoms with Crippen molar-refractivity contribution in [3.8, 4) is 0 Å². The summed E-state index contributed by atoms with van der Waals surface area (Å²) < 4.78 is 5.53. The molecule has 1 aliphatic carbocycles. The Morgan fingerprint density at radius 2 is 2.11 bits per heavy atom. The minimum atomic E-state index is -0.783. The van der Waals surface area contributed by atoms with Crippen LogP contribution in [0.4, 0.5) is 0 Å². The summed E-state index contributed by atoms with van der Waals surface area (Å²) in [7, 11) is 0. The number of fused-ring (bicyclic) bond motifs is 1. The van der Waals surface area contributed by atoms with Gasteiger partial charge in [-0.25, -0.2) is 0 Å². The summed E-state index contributed by atoms with van der Waals surface area (Å²) in [5, 5.41) is 19.4. The maximum atomic E-state index is 13.6. The average molecular weight is 379 g/mol. The number of allylic oxidation sites excluding steroid dienone is 3. The van der Waals surface area contributed by atoms with Gasteiger partial charge in [0.2, 0.25) is 0 Å². The molecule has 1 heterocycles. The van der Waals surface area contributed by atoms with E-state index in [9.17, 15) is 19.8 Å². The van der Waals surface area contributed by atoms with Gasteiger partial charge in [0, 0.05) is 24.9 Å². The third-order valence-corrected chi connectivity index (χ3v) is 6.29. The van der Waals surface area contributed by atoms with Gasteiger partial charge in [-0.15, -0.1) is 0 Å². The van der Waals surface area contributed by atoms with E-state index in [0.717, 1.165) is 12.0 Å². The molecule has 2 aliphatic rings. The molecule has 5 heteroatoms. The van der Waals surface area contributed by atoms with Crippen molar-refractivity contribution < 1.29 is 24.5 Å². The molecule has 6 atom stereocenters. The predicted octanol–water partition coefficient (Wildman–Crippen LogP) is 3.20. The Balaban J connectivity index is 2.54. The van der Waals surface area contributed by atoms with Crippen LogP contribution in [0, 0.1) is 23.2 Å². The van der Waals surface area contributed by atoms with Crippen LogP contribution in [-0.2, 0) is 14.3 Å². The maximum absolute atomic E-state index is 13.6. The first-order chi connectivity index (χ1) is 12.7. The summed E-state index contributed by atoms with van der Waals surface area (Å²) >= 11 is 0. The molecule has 5 unspecified atom stereocenters. The van der Waals surface area contributed by atoms with Crippen LogP contribution in [-0.4, -0.2) is 40.8 Å². The van der Waals surface area contributed by atoms with Crippen molar-refractivity contribution in [3.63, 3.8) is 0 Å². The summed E-state index contributed by atoms with van der Waals surface area (Å²) in [6.07, 6.45) is 7.52. The molecule has 0 aromatic heterocycles. The summed E-state index contributed by atoms with van der Waals surface area (Å²) in [5.41, 5.74) is 0.334. The molecule has 2 N–H and O–H groups in total. The molecule has 0 radical (unpaired) electrons. The lowest BCUT2D eigenvalue weighted by atomic mass is 9.58. The van der Waals surface area contributed by atoms with Crippen LogP contribution in [0.1, 0.15) is 59.8 Å². The lowest BCUT2D eigenvalue weighted by Crippen LogP contribution is -2.45. The normalized spacial score (nSPS) is 36.0. The second-order valence-corrected chi connectivity index (χ2v) is 8.26. The van der Waals surface area contributed by atoms with Crippen molar-refractivity contribution in [2.75, 3.05) is 6.61 Å². The summed E-state index contributed by atoms with van der Waals surface area (Å²) in [6.45, 7) is 7.40. The SMILES string of the molecule is C/C1=C\C(C)C(C(C)O)OC(=O)CC[C@H]2C=CCCC12C(=O)C(C)CCO. The number of rotatable bonds is 5. The Morgan fingerprint density at radius 1 is 1.41 bits per heavy atom. The van der Waals surface area contributed by atoms with E-state index in [0.29, 0.717) is 19.3 Å². The molecule has 0 fully saturated rings. The second-order valence-electron chi connectivity index (χ2n) is 8.26. The van der Waals surface area contributed by atoms with E-state index in [-0.39, 0.29) is 42.5 Å². The van der Waals surface area contributed by atoms with Crippen LogP contribution in [0.5, 0.6) is 0 Å². The average Bonchev–Trinajstić information content (AvgIpc) is 2.63. The Labute approximate surface area is 162 Å². The van der Waals surface area contributed by atoms with Crippen LogP contribution >= 0.6 is 0 Å². The van der Waals surface area contributed by atoms with Crippen molar-refractivity contribution in [2.24, 2.45) is 23.2 Å². The highest BCUT2D eigenvalue weighted by Gasteiger charge is 2.48. The van der Waals surface area contributed by atoms with Crippen LogP contribution < -0.4 is 0 Å². The van der Waals surface area contributed by atoms with Gasteiger partial charge >= 0.3 is 5.97 Å². The van der Waals surface area contributed by atoms with E-state index in [1.54, 1.807) is 6.92 Å². The van der Waals surface area contributed by atoms with Crippen molar-refractivity contribution in [3.05, 3.63) is 23.8 Å². The number of hydrogen-bond donors (Lipinski definition) is 2. The van der Waals surface area contributed by atoms with Gasteiger partial charge in [-0.1, -0.05) is 37.6 Å². The minimum Gasteiger partial charge on any atom is -0.459 e. The minimum absolute atomic E-state index is 0.0148. The summed E-state index contributed by atoms with van der Waals surface area (Å²) in [5.74, 6) is -0.681. The number of aliphatic hydroxyl groups is 2. The number of carbonyl (C=O) groups excluding carboxylic acids is 2. The third kappa shape index (κ3) is 4.52. The van der Waals surface area contributed by atoms with E-state index in [2.05, 4.69) is 12.2 Å². The number of ether oxygens (including phenoxy) is 1. The molecular formula is C22H34O5. The molecule has 0 aromatic rings. The molecule has 27 heavy (non-hydrogen) atoms. The highest BCUT2D eigenvalue weighted by molar-refractivity contribution is 5.90. The van der Waals surface area contributed by atoms with Crippen LogP contribution in [0.3, 0.4) is 0 Å². The van der Waals surface area contributed by atoms with Crippen LogP contribution in [0.15, 0.2) is 23.8 Å². The number of esters is 1. The zero-order valence-corrected chi connectivity index (χ0v) is 17.0. The smallest absolute Gasteiger partial charge is 0.306 e. The largest absolute Gasteiger partial charge is 0.459 e. The Hall–Kier alpha value is -1.46. The quantitative estimate of drug-likeness (QED) is 0.567. The van der Waals surface area contributed by atoms with E-state index >= 15 is 0 Å². The van der Waals surface area contributed by atoms with E-state index in [1.165, 1.54) is 0 Å². The van der Waals surface area contributed by atoms with Gasteiger partial charge in [0.1, 0.15) is 11.9 Å². The molecule has 0 saturated carbocycles. The lowest BCUT2D eigenvalue weighted by Gasteiger charge is -2.44. The summed E-state index contributed by atoms with van der Waals surface area (Å²) in [6, 6.07) is 0. The fourth-order valence-corrected chi connectivity index (χ4v) is 4.79. The molecule has 1 aliphatic heterocycles. The van der Waals surface area contributed by atoms with Crippen LogP contribution in [0.25, 0.3) is 0 Å². The zero-order valence-electron chi connectivity index (χ0n) is 17.0. The van der Waals surface area contributed by atoms with E-state index in [4.69, 9.17) is 4.74 Å². The monoisotopic (exact) mass is 378 g/mol. The lowest BCUT2D eigenvalue weighted by molar-refractivity contribution is -0.158. The number of carbonyl (C=O) groups is 2. The van der Waals surface area contributed by atoms with Crippen molar-refractivity contribution in [1.29, 1.82) is 0 Å². The molecule has 152 valence electrons. The first-order valence-electron chi connectivity index (χ1n) is 10.1. The first-order valence-corrected chi connectivity index (χ1v) is 10.1. The van der Waals surface area contributed by atoms with Gasteiger partial charge in [-0.3, -0.25) is 9.59 Å². The molecule has 0 aromatic carbocycles. The van der Waals surface area contributed by atoms with Gasteiger partial charge in [0.05, 0.1) is 11.5 Å². The van der Waals surface area contributed by atoms with Gasteiger partial charge in [-0.2, -0.15) is 0 Å². The van der Waals surface area contributed by atoms with Gasteiger partial charge in [0.25, 0.3) is 0 Å². The fraction of sp³-hybridized carbons (Fsp3) is 0.727. The predicted molar refractivity (Wildman–Crippen MR) is 104 cm³/mol. The number of hydrogen-bond acceptors (Lipinski definition) is 5. The molecule has 0 spiro atoms. The van der Waals surface area contributed by atoms with Gasteiger partial charge < -0.3 is 14.9 Å². The number of cyclic esters (lactones) is 1. The fourth-order valence-electron chi connectivity index (χ4n) is 4.79. The molecule has 0 saturated heterocycles. The second kappa shape index (κ2) is 9.16. The molecule has 5 nitrogen and oxygen atoms in total. The van der Waals surface area contributed by atoms with Gasteiger partial charge in [0.15, 0.2) is 0 Å². The highest BCUT2D eigenvalue weighted by Crippen LogP contribution is 2.49. The topological polar surface area (TPSA) is 83.8 Å². The van der Waals surface area contributed by atoms with Crippen LogP contribution in [0.2, 0.25) is 0 Å². The summed E-state index contributed by atoms with van der Waals surface area (Å²) in [4.78, 5) is 25.9. The maximum Gasteiger partial charge on any atom is 0.306 e. The van der Waals surface area contributed by atoms with Gasteiger partial charge in [-0.05, 0) is 45.4 Å². The molecule has 0 amide bonds. The number of ketones is 1. The van der Waals surface area contributed by atoms with E-state index in [1.807, 2.05) is 26.8 Å². The first kappa shape index (κ1) is 21.8. The van der Waals surface area contributed by atoms with Crippen molar-refractivity contribution >= 4 is 11.8 Å².